The molecule has 0 aliphatic carbocycles. The number of aromatic nitrogens is 3. The molecular weight excluding hydrogens is 559 g/mol. The molecule has 0 aliphatic rings. The summed E-state index contributed by atoms with van der Waals surface area (Å²) in [6, 6.07) is 10.8. The number of aliphatic carboxylic acids is 1. The molecule has 2 heterocycles. The summed E-state index contributed by atoms with van der Waals surface area (Å²) in [7, 11) is -4.50. The van der Waals surface area contributed by atoms with Crippen LogP contribution in [0.25, 0.3) is 16.7 Å². The summed E-state index contributed by atoms with van der Waals surface area (Å²) in [5, 5.41) is 19.3. The number of nitrogens with zero attached hydrogens (tertiary/aromatic N) is 4. The molecule has 0 radical (unpaired) electrons. The number of carboxylic acid groups (broad SMARTS) is 1. The molecule has 4 aromatic rings. The van der Waals surface area contributed by atoms with Crippen LogP contribution in [0.3, 0.4) is 0 Å². The van der Waals surface area contributed by atoms with Gasteiger partial charge in [-0.05, 0) is 60.9 Å². The SMILES string of the molecule is Cc1ccc(-n2ccc3cc(N(C(C(=O)O)C(C)(C)C)S(=O)(=O)c4cc(Cl)cc(Cl)c4)c(Cl)cc32)nn1. The van der Waals surface area contributed by atoms with Gasteiger partial charge in [-0.25, -0.2) is 17.5 Å². The topological polar surface area (TPSA) is 105 Å². The van der Waals surface area contributed by atoms with Crippen molar-refractivity contribution in [3.63, 3.8) is 0 Å². The van der Waals surface area contributed by atoms with Gasteiger partial charge in [-0.3, -0.25) is 4.57 Å². The molecule has 1 N–H and O–H groups in total. The molecule has 12 heteroatoms. The number of benzene rings is 2. The van der Waals surface area contributed by atoms with Gasteiger partial charge in [0.05, 0.1) is 26.8 Å². The minimum absolute atomic E-state index is 0.000305. The predicted octanol–water partition coefficient (Wildman–Crippen LogP) is 6.38. The van der Waals surface area contributed by atoms with Gasteiger partial charge in [-0.1, -0.05) is 55.6 Å². The number of aryl methyl sites for hydroxylation is 1. The Kier molecular flexibility index (Phi) is 7.20. The van der Waals surface area contributed by atoms with E-state index >= 15 is 0 Å². The Balaban J connectivity index is 1.98. The molecule has 0 bridgehead atoms. The van der Waals surface area contributed by atoms with Crippen LogP contribution in [0.5, 0.6) is 0 Å². The van der Waals surface area contributed by atoms with Crippen LogP contribution in [0.1, 0.15) is 26.5 Å². The number of fused-ring (bicyclic) bond motifs is 1. The number of hydrogen-bond acceptors (Lipinski definition) is 5. The number of rotatable bonds is 6. The number of sulfonamides is 1. The summed E-state index contributed by atoms with van der Waals surface area (Å²) >= 11 is 18.9. The fraction of sp³-hybridized carbons (Fsp3) is 0.240. The maximum absolute atomic E-state index is 14.0. The Morgan fingerprint density at radius 3 is 2.19 bits per heavy atom. The highest BCUT2D eigenvalue weighted by atomic mass is 35.5. The van der Waals surface area contributed by atoms with Gasteiger partial charge >= 0.3 is 5.97 Å². The summed E-state index contributed by atoms with van der Waals surface area (Å²) in [5.74, 6) is -0.798. The molecular formula is C25H23Cl3N4O4S. The van der Waals surface area contributed by atoms with Crippen LogP contribution >= 0.6 is 34.8 Å². The van der Waals surface area contributed by atoms with Crippen LogP contribution in [-0.4, -0.2) is 40.3 Å². The number of halogens is 3. The lowest BCUT2D eigenvalue weighted by Gasteiger charge is -2.38. The first kappa shape index (κ1) is 27.2. The molecule has 2 aromatic carbocycles. The highest BCUT2D eigenvalue weighted by molar-refractivity contribution is 7.93. The van der Waals surface area contributed by atoms with E-state index in [4.69, 9.17) is 34.8 Å². The Morgan fingerprint density at radius 2 is 1.65 bits per heavy atom. The van der Waals surface area contributed by atoms with Crippen LogP contribution in [-0.2, 0) is 14.8 Å². The number of carbonyl (C=O) groups is 1. The molecule has 194 valence electrons. The number of carboxylic acids is 1. The molecule has 0 saturated carbocycles. The van der Waals surface area contributed by atoms with Crippen molar-refractivity contribution in [1.29, 1.82) is 0 Å². The third kappa shape index (κ3) is 5.27. The first-order chi connectivity index (χ1) is 17.2. The van der Waals surface area contributed by atoms with Crippen molar-refractivity contribution in [2.45, 2.75) is 38.6 Å². The van der Waals surface area contributed by atoms with E-state index in [1.807, 2.05) is 13.0 Å². The van der Waals surface area contributed by atoms with Gasteiger partial charge in [-0.15, -0.1) is 5.10 Å². The number of hydrogen-bond donors (Lipinski definition) is 1. The number of anilines is 1. The summed E-state index contributed by atoms with van der Waals surface area (Å²) < 4.78 is 30.7. The average Bonchev–Trinajstić information content (AvgIpc) is 3.18. The molecule has 0 saturated heterocycles. The van der Waals surface area contributed by atoms with E-state index in [-0.39, 0.29) is 25.7 Å². The third-order valence-electron chi connectivity index (χ3n) is 5.71. The Bertz CT molecular complexity index is 1590. The fourth-order valence-corrected chi connectivity index (χ4v) is 6.88. The van der Waals surface area contributed by atoms with E-state index in [2.05, 4.69) is 10.2 Å². The molecule has 0 aliphatic heterocycles. The van der Waals surface area contributed by atoms with Crippen molar-refractivity contribution in [1.82, 2.24) is 14.8 Å². The third-order valence-corrected chi connectivity index (χ3v) is 8.20. The molecule has 0 amide bonds. The normalized spacial score (nSPS) is 13.1. The predicted molar refractivity (Wildman–Crippen MR) is 146 cm³/mol. The van der Waals surface area contributed by atoms with Crippen LogP contribution in [0, 0.1) is 12.3 Å². The van der Waals surface area contributed by atoms with Crippen LogP contribution in [0.4, 0.5) is 5.69 Å². The van der Waals surface area contributed by atoms with Crippen molar-refractivity contribution in [2.75, 3.05) is 4.31 Å². The van der Waals surface area contributed by atoms with Crippen molar-refractivity contribution in [3.8, 4) is 5.82 Å². The summed E-state index contributed by atoms with van der Waals surface area (Å²) in [6.07, 6.45) is 1.75. The van der Waals surface area contributed by atoms with Gasteiger partial charge in [0, 0.05) is 21.6 Å². The zero-order valence-electron chi connectivity index (χ0n) is 20.3. The molecule has 2 aromatic heterocycles. The smallest absolute Gasteiger partial charge is 0.328 e. The highest BCUT2D eigenvalue weighted by Crippen LogP contribution is 2.41. The maximum atomic E-state index is 14.0. The van der Waals surface area contributed by atoms with Crippen LogP contribution < -0.4 is 4.31 Å². The molecule has 4 rings (SSSR count). The average molecular weight is 582 g/mol. The Morgan fingerprint density at radius 1 is 1.00 bits per heavy atom. The van der Waals surface area contributed by atoms with Crippen molar-refractivity contribution < 1.29 is 18.3 Å². The van der Waals surface area contributed by atoms with Crippen LogP contribution in [0.15, 0.2) is 59.6 Å². The van der Waals surface area contributed by atoms with Crippen molar-refractivity contribution in [2.24, 2.45) is 5.41 Å². The fourth-order valence-electron chi connectivity index (χ4n) is 4.05. The quantitative estimate of drug-likeness (QED) is 0.283. The lowest BCUT2D eigenvalue weighted by molar-refractivity contribution is -0.140. The molecule has 1 unspecified atom stereocenters. The van der Waals surface area contributed by atoms with Gasteiger partial charge < -0.3 is 5.11 Å². The Hall–Kier alpha value is -2.85. The van der Waals surface area contributed by atoms with Gasteiger partial charge in [0.15, 0.2) is 5.82 Å². The van der Waals surface area contributed by atoms with E-state index in [1.165, 1.54) is 18.2 Å². The zero-order valence-corrected chi connectivity index (χ0v) is 23.4. The zero-order chi connectivity index (χ0) is 27.3. The van der Waals surface area contributed by atoms with E-state index < -0.39 is 27.4 Å². The van der Waals surface area contributed by atoms with E-state index in [9.17, 15) is 18.3 Å². The summed E-state index contributed by atoms with van der Waals surface area (Å²) in [4.78, 5) is 12.3. The summed E-state index contributed by atoms with van der Waals surface area (Å²) in [6.45, 7) is 6.73. The second-order valence-electron chi connectivity index (χ2n) is 9.59. The van der Waals surface area contributed by atoms with E-state index in [1.54, 1.807) is 55.8 Å². The van der Waals surface area contributed by atoms with E-state index in [0.717, 1.165) is 10.00 Å². The molecule has 0 fully saturated rings. The first-order valence-corrected chi connectivity index (χ1v) is 13.6. The second kappa shape index (κ2) is 9.79. The molecule has 1 atom stereocenters. The molecule has 8 nitrogen and oxygen atoms in total. The monoisotopic (exact) mass is 580 g/mol. The van der Waals surface area contributed by atoms with Gasteiger partial charge in [0.1, 0.15) is 6.04 Å². The van der Waals surface area contributed by atoms with Gasteiger partial charge in [-0.2, -0.15) is 5.10 Å². The van der Waals surface area contributed by atoms with Gasteiger partial charge in [0.2, 0.25) is 0 Å². The second-order valence-corrected chi connectivity index (χ2v) is 12.7. The molecule has 0 spiro atoms. The maximum Gasteiger partial charge on any atom is 0.328 e. The van der Waals surface area contributed by atoms with E-state index in [0.29, 0.717) is 16.7 Å². The van der Waals surface area contributed by atoms with Gasteiger partial charge in [0.25, 0.3) is 10.0 Å². The van der Waals surface area contributed by atoms with Crippen molar-refractivity contribution >= 4 is 67.4 Å². The highest BCUT2D eigenvalue weighted by Gasteiger charge is 2.44. The lowest BCUT2D eigenvalue weighted by Crippen LogP contribution is -2.52. The standard InChI is InChI=1S/C25H23Cl3N4O4S/c1-14-5-6-22(30-29-14)31-8-7-15-9-21(19(28)13-20(15)31)32(23(24(33)34)25(2,3)4)37(35,36)18-11-16(26)10-17(27)12-18/h5-13,23H,1-4H3,(H,33,34). The van der Waals surface area contributed by atoms with Crippen LogP contribution in [0.2, 0.25) is 15.1 Å². The Labute approximate surface area is 229 Å². The largest absolute Gasteiger partial charge is 0.480 e. The lowest BCUT2D eigenvalue weighted by atomic mass is 9.86. The summed E-state index contributed by atoms with van der Waals surface area (Å²) in [5.41, 5.74) is 0.366. The molecule has 37 heavy (non-hydrogen) atoms. The van der Waals surface area contributed by atoms with Crippen molar-refractivity contribution in [3.05, 3.63) is 75.5 Å². The first-order valence-electron chi connectivity index (χ1n) is 11.0. The minimum atomic E-state index is -4.50. The minimum Gasteiger partial charge on any atom is -0.480 e.